The highest BCUT2D eigenvalue weighted by molar-refractivity contribution is 6.33. The molecule has 1 heterocycles. The maximum atomic E-state index is 12.4. The van der Waals surface area contributed by atoms with E-state index in [0.717, 1.165) is 5.56 Å². The summed E-state index contributed by atoms with van der Waals surface area (Å²) in [5.41, 5.74) is 0.795. The number of urea groups is 1. The summed E-state index contributed by atoms with van der Waals surface area (Å²) < 4.78 is 0. The van der Waals surface area contributed by atoms with Crippen LogP contribution < -0.4 is 5.32 Å². The zero-order valence-electron chi connectivity index (χ0n) is 11.7. The molecule has 0 unspecified atom stereocenters. The molecule has 0 radical (unpaired) electrons. The van der Waals surface area contributed by atoms with Crippen LogP contribution in [-0.4, -0.2) is 48.4 Å². The van der Waals surface area contributed by atoms with Gasteiger partial charge in [0, 0.05) is 49.7 Å². The first-order valence-corrected chi connectivity index (χ1v) is 7.43. The second-order valence-electron chi connectivity index (χ2n) is 4.96. The van der Waals surface area contributed by atoms with E-state index in [1.807, 2.05) is 0 Å². The lowest BCUT2D eigenvalue weighted by Crippen LogP contribution is -2.42. The van der Waals surface area contributed by atoms with Gasteiger partial charge in [0.25, 0.3) is 0 Å². The minimum Gasteiger partial charge on any atom is -0.354 e. The third-order valence-electron chi connectivity index (χ3n) is 3.33. The van der Waals surface area contributed by atoms with E-state index in [2.05, 4.69) is 5.32 Å². The van der Waals surface area contributed by atoms with Crippen molar-refractivity contribution in [2.75, 3.05) is 26.7 Å². The number of amides is 3. The number of halogens is 2. The van der Waals surface area contributed by atoms with Crippen LogP contribution in [0.5, 0.6) is 0 Å². The molecular weight excluding hydrogens is 313 g/mol. The number of nitrogens with one attached hydrogen (secondary N) is 1. The Kier molecular flexibility index (Phi) is 5.31. The highest BCUT2D eigenvalue weighted by Gasteiger charge is 2.21. The summed E-state index contributed by atoms with van der Waals surface area (Å²) in [5.74, 6) is -0.0224. The minimum atomic E-state index is -0.123. The molecule has 114 valence electrons. The van der Waals surface area contributed by atoms with Crippen molar-refractivity contribution in [1.82, 2.24) is 15.1 Å². The highest BCUT2D eigenvalue weighted by atomic mass is 35.5. The van der Waals surface area contributed by atoms with Crippen molar-refractivity contribution in [3.05, 3.63) is 33.8 Å². The molecule has 1 N–H and O–H groups in total. The minimum absolute atomic E-state index is 0.0224. The molecule has 1 aromatic rings. The molecule has 3 amide bonds. The zero-order valence-corrected chi connectivity index (χ0v) is 13.2. The third kappa shape index (κ3) is 4.25. The molecule has 1 aromatic carbocycles. The largest absolute Gasteiger partial charge is 0.354 e. The molecule has 0 spiro atoms. The first kappa shape index (κ1) is 15.9. The summed E-state index contributed by atoms with van der Waals surface area (Å²) in [5, 5.41) is 3.90. The zero-order chi connectivity index (χ0) is 15.4. The average molecular weight is 330 g/mol. The van der Waals surface area contributed by atoms with E-state index in [1.165, 1.54) is 0 Å². The van der Waals surface area contributed by atoms with E-state index in [9.17, 15) is 9.59 Å². The normalized spacial score (nSPS) is 15.4. The number of rotatable bonds is 2. The van der Waals surface area contributed by atoms with Crippen molar-refractivity contribution in [2.24, 2.45) is 0 Å². The Bertz CT molecular complexity index is 551. The Hall–Kier alpha value is -1.46. The topological polar surface area (TPSA) is 52.7 Å². The molecule has 2 rings (SSSR count). The second kappa shape index (κ2) is 7.00. The maximum absolute atomic E-state index is 12.4. The molecule has 1 fully saturated rings. The number of hydrogen-bond donors (Lipinski definition) is 1. The van der Waals surface area contributed by atoms with Crippen LogP contribution in [0.1, 0.15) is 12.0 Å². The Morgan fingerprint density at radius 3 is 2.90 bits per heavy atom. The maximum Gasteiger partial charge on any atom is 0.320 e. The van der Waals surface area contributed by atoms with E-state index < -0.39 is 0 Å². The lowest BCUT2D eigenvalue weighted by atomic mass is 10.2. The molecule has 1 aliphatic heterocycles. The Labute approximate surface area is 133 Å². The van der Waals surface area contributed by atoms with E-state index in [4.69, 9.17) is 23.2 Å². The van der Waals surface area contributed by atoms with E-state index >= 15 is 0 Å². The SMILES string of the molecule is CN(Cc1cc(Cl)ccc1Cl)C(=O)N1CCNC(=O)CC1. The summed E-state index contributed by atoms with van der Waals surface area (Å²) in [7, 11) is 1.71. The van der Waals surface area contributed by atoms with Crippen molar-refractivity contribution in [2.45, 2.75) is 13.0 Å². The van der Waals surface area contributed by atoms with Crippen LogP contribution in [0.3, 0.4) is 0 Å². The lowest BCUT2D eigenvalue weighted by Gasteiger charge is -2.27. The number of carbonyl (C=O) groups is 2. The molecule has 21 heavy (non-hydrogen) atoms. The quantitative estimate of drug-likeness (QED) is 0.905. The van der Waals surface area contributed by atoms with Crippen LogP contribution in [0, 0.1) is 0 Å². The van der Waals surface area contributed by atoms with E-state index in [0.29, 0.717) is 42.6 Å². The van der Waals surface area contributed by atoms with Crippen LogP contribution >= 0.6 is 23.2 Å². The summed E-state index contributed by atoms with van der Waals surface area (Å²) in [4.78, 5) is 26.9. The summed E-state index contributed by atoms with van der Waals surface area (Å²) >= 11 is 12.1. The molecule has 0 aromatic heterocycles. The van der Waals surface area contributed by atoms with Gasteiger partial charge in [0.05, 0.1) is 0 Å². The van der Waals surface area contributed by atoms with Crippen LogP contribution in [0.25, 0.3) is 0 Å². The number of hydrogen-bond acceptors (Lipinski definition) is 2. The van der Waals surface area contributed by atoms with Gasteiger partial charge < -0.3 is 15.1 Å². The molecule has 0 saturated carbocycles. The van der Waals surface area contributed by atoms with Gasteiger partial charge in [-0.05, 0) is 23.8 Å². The molecule has 7 heteroatoms. The predicted octanol–water partition coefficient (Wildman–Crippen LogP) is 2.37. The number of carbonyl (C=O) groups excluding carboxylic acids is 2. The van der Waals surface area contributed by atoms with Crippen LogP contribution in [-0.2, 0) is 11.3 Å². The molecule has 0 bridgehead atoms. The first-order chi connectivity index (χ1) is 9.97. The molecule has 1 saturated heterocycles. The Morgan fingerprint density at radius 2 is 2.14 bits per heavy atom. The highest BCUT2D eigenvalue weighted by Crippen LogP contribution is 2.22. The van der Waals surface area contributed by atoms with Gasteiger partial charge >= 0.3 is 6.03 Å². The smallest absolute Gasteiger partial charge is 0.320 e. The summed E-state index contributed by atoms with van der Waals surface area (Å²) in [6, 6.07) is 5.05. The van der Waals surface area contributed by atoms with Gasteiger partial charge in [-0.25, -0.2) is 4.79 Å². The van der Waals surface area contributed by atoms with Gasteiger partial charge in [-0.15, -0.1) is 0 Å². The fourth-order valence-corrected chi connectivity index (χ4v) is 2.56. The third-order valence-corrected chi connectivity index (χ3v) is 3.93. The van der Waals surface area contributed by atoms with Gasteiger partial charge in [-0.2, -0.15) is 0 Å². The van der Waals surface area contributed by atoms with E-state index in [1.54, 1.807) is 35.0 Å². The van der Waals surface area contributed by atoms with Gasteiger partial charge in [0.15, 0.2) is 0 Å². The van der Waals surface area contributed by atoms with Crippen LogP contribution in [0.15, 0.2) is 18.2 Å². The summed E-state index contributed by atoms with van der Waals surface area (Å²) in [6.07, 6.45) is 0.331. The van der Waals surface area contributed by atoms with Crippen molar-refractivity contribution < 1.29 is 9.59 Å². The van der Waals surface area contributed by atoms with Gasteiger partial charge in [-0.1, -0.05) is 23.2 Å². The fraction of sp³-hybridized carbons (Fsp3) is 0.429. The van der Waals surface area contributed by atoms with Crippen molar-refractivity contribution >= 4 is 35.1 Å². The van der Waals surface area contributed by atoms with E-state index in [-0.39, 0.29) is 11.9 Å². The van der Waals surface area contributed by atoms with Gasteiger partial charge in [0.1, 0.15) is 0 Å². The fourth-order valence-electron chi connectivity index (χ4n) is 2.19. The number of nitrogens with zero attached hydrogens (tertiary/aromatic N) is 2. The van der Waals surface area contributed by atoms with Crippen LogP contribution in [0.2, 0.25) is 10.0 Å². The number of benzene rings is 1. The predicted molar refractivity (Wildman–Crippen MR) is 82.5 cm³/mol. The lowest BCUT2D eigenvalue weighted by molar-refractivity contribution is -0.120. The molecular formula is C14H17Cl2N3O2. The molecule has 0 aliphatic carbocycles. The summed E-state index contributed by atoms with van der Waals surface area (Å²) in [6.45, 7) is 1.79. The molecule has 1 aliphatic rings. The second-order valence-corrected chi connectivity index (χ2v) is 5.81. The Balaban J connectivity index is 2.02. The average Bonchev–Trinajstić information content (AvgIpc) is 2.67. The standard InChI is InChI=1S/C14H17Cl2N3O2/c1-18(9-10-8-11(15)2-3-12(10)16)14(21)19-6-4-13(20)17-5-7-19/h2-3,8H,4-7,9H2,1H3,(H,17,20). The molecule has 5 nitrogen and oxygen atoms in total. The van der Waals surface area contributed by atoms with Crippen LogP contribution in [0.4, 0.5) is 4.79 Å². The van der Waals surface area contributed by atoms with Gasteiger partial charge in [-0.3, -0.25) is 4.79 Å². The van der Waals surface area contributed by atoms with Crippen molar-refractivity contribution in [1.29, 1.82) is 0 Å². The van der Waals surface area contributed by atoms with Crippen molar-refractivity contribution in [3.8, 4) is 0 Å². The Morgan fingerprint density at radius 1 is 1.38 bits per heavy atom. The van der Waals surface area contributed by atoms with Gasteiger partial charge in [0.2, 0.25) is 5.91 Å². The monoisotopic (exact) mass is 329 g/mol. The first-order valence-electron chi connectivity index (χ1n) is 6.68. The molecule has 0 atom stereocenters. The van der Waals surface area contributed by atoms with Crippen molar-refractivity contribution in [3.63, 3.8) is 0 Å².